The smallest absolute Gasteiger partial charge is 0.146 e. The number of nitrogens with two attached hydrogens (primary N) is 2. The summed E-state index contributed by atoms with van der Waals surface area (Å²) in [6.07, 6.45) is 1.80. The summed E-state index contributed by atoms with van der Waals surface area (Å²) in [7, 11) is 0. The molecule has 17 heavy (non-hydrogen) atoms. The van der Waals surface area contributed by atoms with Crippen molar-refractivity contribution in [1.29, 1.82) is 0 Å². The van der Waals surface area contributed by atoms with Gasteiger partial charge in [-0.2, -0.15) is 0 Å². The van der Waals surface area contributed by atoms with E-state index in [1.165, 1.54) is 0 Å². The van der Waals surface area contributed by atoms with E-state index in [2.05, 4.69) is 4.98 Å². The molecule has 0 bridgehead atoms. The molecule has 0 unspecified atom stereocenters. The van der Waals surface area contributed by atoms with Crippen molar-refractivity contribution in [2.75, 3.05) is 11.5 Å². The Labute approximate surface area is 98.5 Å². The highest BCUT2D eigenvalue weighted by Gasteiger charge is 2.08. The van der Waals surface area contributed by atoms with Gasteiger partial charge in [-0.05, 0) is 24.3 Å². The number of imidazole rings is 1. The van der Waals surface area contributed by atoms with Gasteiger partial charge >= 0.3 is 0 Å². The maximum Gasteiger partial charge on any atom is 0.146 e. The number of aromatic nitrogens is 2. The number of nitrogen functional groups attached to an aromatic ring is 2. The summed E-state index contributed by atoms with van der Waals surface area (Å²) < 4.78 is 1.91. The van der Waals surface area contributed by atoms with Crippen molar-refractivity contribution in [3.05, 3.63) is 48.7 Å². The molecular formula is C13H12N4. The van der Waals surface area contributed by atoms with Crippen molar-refractivity contribution >= 4 is 17.0 Å². The monoisotopic (exact) mass is 224 g/mol. The number of benzene rings is 1. The fraction of sp³-hybridized carbons (Fsp3) is 0. The minimum atomic E-state index is 0.664. The highest BCUT2D eigenvalue weighted by atomic mass is 15.1. The lowest BCUT2D eigenvalue weighted by atomic mass is 10.2. The van der Waals surface area contributed by atoms with Crippen LogP contribution in [0.25, 0.3) is 16.9 Å². The molecule has 0 spiro atoms. The van der Waals surface area contributed by atoms with E-state index in [9.17, 15) is 0 Å². The van der Waals surface area contributed by atoms with Gasteiger partial charge in [0.05, 0.1) is 11.7 Å². The Bertz CT molecular complexity index is 685. The second-order valence-corrected chi connectivity index (χ2v) is 3.92. The van der Waals surface area contributed by atoms with E-state index in [4.69, 9.17) is 11.5 Å². The zero-order valence-electron chi connectivity index (χ0n) is 9.17. The van der Waals surface area contributed by atoms with Gasteiger partial charge in [0.1, 0.15) is 11.6 Å². The molecule has 4 nitrogen and oxygen atoms in total. The molecule has 0 amide bonds. The van der Waals surface area contributed by atoms with E-state index >= 15 is 0 Å². The molecule has 0 aliphatic carbocycles. The van der Waals surface area contributed by atoms with Gasteiger partial charge in [-0.1, -0.05) is 18.2 Å². The van der Waals surface area contributed by atoms with Gasteiger partial charge < -0.3 is 11.5 Å². The van der Waals surface area contributed by atoms with Gasteiger partial charge in [-0.15, -0.1) is 0 Å². The maximum atomic E-state index is 5.97. The first-order valence-corrected chi connectivity index (χ1v) is 5.33. The predicted molar refractivity (Wildman–Crippen MR) is 69.5 cm³/mol. The molecule has 0 saturated heterocycles. The molecule has 4 heteroatoms. The van der Waals surface area contributed by atoms with Crippen LogP contribution in [0.5, 0.6) is 0 Å². The number of hydrogen-bond acceptors (Lipinski definition) is 3. The number of nitrogens with zero attached hydrogens (tertiary/aromatic N) is 2. The summed E-state index contributed by atoms with van der Waals surface area (Å²) in [4.78, 5) is 4.39. The molecule has 0 aliphatic heterocycles. The molecule has 4 N–H and O–H groups in total. The van der Waals surface area contributed by atoms with E-state index in [0.29, 0.717) is 11.5 Å². The Hall–Kier alpha value is -2.49. The Morgan fingerprint density at radius 2 is 1.82 bits per heavy atom. The van der Waals surface area contributed by atoms with Gasteiger partial charge in [0.2, 0.25) is 0 Å². The van der Waals surface area contributed by atoms with Crippen LogP contribution < -0.4 is 11.5 Å². The first-order chi connectivity index (χ1) is 8.25. The van der Waals surface area contributed by atoms with E-state index in [1.807, 2.05) is 46.9 Å². The summed E-state index contributed by atoms with van der Waals surface area (Å²) in [6, 6.07) is 13.4. The lowest BCUT2D eigenvalue weighted by molar-refractivity contribution is 1.17. The largest absolute Gasteiger partial charge is 0.399 e. The molecule has 2 heterocycles. The topological polar surface area (TPSA) is 69.3 Å². The van der Waals surface area contributed by atoms with Crippen LogP contribution >= 0.6 is 0 Å². The Balaban J connectivity index is 2.31. The van der Waals surface area contributed by atoms with Crippen molar-refractivity contribution in [2.24, 2.45) is 0 Å². The summed E-state index contributed by atoms with van der Waals surface area (Å²) in [5, 5.41) is 0. The third-order valence-electron chi connectivity index (χ3n) is 2.73. The molecule has 3 rings (SSSR count). The second-order valence-electron chi connectivity index (χ2n) is 3.92. The standard InChI is InChI=1S/C13H12N4/c14-10-4-1-3-9(7-10)13-16-8-11-5-2-6-12(15)17(11)13/h1-8H,14-15H2. The van der Waals surface area contributed by atoms with Crippen molar-refractivity contribution < 1.29 is 0 Å². The van der Waals surface area contributed by atoms with Gasteiger partial charge in [-0.25, -0.2) is 4.98 Å². The quantitative estimate of drug-likeness (QED) is 0.622. The van der Waals surface area contributed by atoms with Gasteiger partial charge in [0.25, 0.3) is 0 Å². The first-order valence-electron chi connectivity index (χ1n) is 5.33. The summed E-state index contributed by atoms with van der Waals surface area (Å²) in [5.41, 5.74) is 14.4. The minimum Gasteiger partial charge on any atom is -0.399 e. The van der Waals surface area contributed by atoms with Crippen LogP contribution in [0.2, 0.25) is 0 Å². The third kappa shape index (κ3) is 1.50. The number of hydrogen-bond donors (Lipinski definition) is 2. The molecule has 0 atom stereocenters. The second kappa shape index (κ2) is 3.52. The highest BCUT2D eigenvalue weighted by Crippen LogP contribution is 2.23. The van der Waals surface area contributed by atoms with Crippen molar-refractivity contribution in [3.8, 4) is 11.4 Å². The lowest BCUT2D eigenvalue weighted by Crippen LogP contribution is -1.98. The van der Waals surface area contributed by atoms with Crippen LogP contribution in [0.1, 0.15) is 0 Å². The van der Waals surface area contributed by atoms with Crippen molar-refractivity contribution in [1.82, 2.24) is 9.38 Å². The van der Waals surface area contributed by atoms with E-state index in [-0.39, 0.29) is 0 Å². The van der Waals surface area contributed by atoms with Crippen LogP contribution in [-0.4, -0.2) is 9.38 Å². The molecule has 2 aromatic heterocycles. The van der Waals surface area contributed by atoms with Crippen LogP contribution in [0, 0.1) is 0 Å². The van der Waals surface area contributed by atoms with E-state index < -0.39 is 0 Å². The van der Waals surface area contributed by atoms with Gasteiger partial charge in [-0.3, -0.25) is 4.40 Å². The average Bonchev–Trinajstić information content (AvgIpc) is 2.74. The van der Waals surface area contributed by atoms with E-state index in [1.54, 1.807) is 6.20 Å². The zero-order chi connectivity index (χ0) is 11.8. The summed E-state index contributed by atoms with van der Waals surface area (Å²) >= 11 is 0. The molecule has 0 saturated carbocycles. The Kier molecular flexibility index (Phi) is 2.01. The lowest BCUT2D eigenvalue weighted by Gasteiger charge is -2.05. The van der Waals surface area contributed by atoms with E-state index in [0.717, 1.165) is 16.9 Å². The number of anilines is 2. The summed E-state index contributed by atoms with van der Waals surface area (Å²) in [5.74, 6) is 1.47. The Morgan fingerprint density at radius 1 is 1.00 bits per heavy atom. The van der Waals surface area contributed by atoms with Crippen LogP contribution in [0.15, 0.2) is 48.7 Å². The summed E-state index contributed by atoms with van der Waals surface area (Å²) in [6.45, 7) is 0. The molecule has 0 aliphatic rings. The highest BCUT2D eigenvalue weighted by molar-refractivity contribution is 5.68. The zero-order valence-corrected chi connectivity index (χ0v) is 9.17. The number of pyridine rings is 1. The molecule has 0 fully saturated rings. The molecule has 1 aromatic carbocycles. The molecule has 3 aromatic rings. The first kappa shape index (κ1) is 9.72. The van der Waals surface area contributed by atoms with Crippen LogP contribution in [-0.2, 0) is 0 Å². The predicted octanol–water partition coefficient (Wildman–Crippen LogP) is 2.17. The van der Waals surface area contributed by atoms with Crippen molar-refractivity contribution in [3.63, 3.8) is 0 Å². The minimum absolute atomic E-state index is 0.664. The SMILES string of the molecule is Nc1cccc(-c2ncc3cccc(N)n23)c1. The third-order valence-corrected chi connectivity index (χ3v) is 2.73. The number of fused-ring (bicyclic) bond motifs is 1. The average molecular weight is 224 g/mol. The van der Waals surface area contributed by atoms with Crippen LogP contribution in [0.3, 0.4) is 0 Å². The fourth-order valence-electron chi connectivity index (χ4n) is 1.96. The van der Waals surface area contributed by atoms with Gasteiger partial charge in [0, 0.05) is 11.3 Å². The van der Waals surface area contributed by atoms with Crippen molar-refractivity contribution in [2.45, 2.75) is 0 Å². The Morgan fingerprint density at radius 3 is 2.65 bits per heavy atom. The van der Waals surface area contributed by atoms with Crippen LogP contribution in [0.4, 0.5) is 11.5 Å². The molecule has 0 radical (unpaired) electrons. The van der Waals surface area contributed by atoms with Gasteiger partial charge in [0.15, 0.2) is 0 Å². The fourth-order valence-corrected chi connectivity index (χ4v) is 1.96. The molecular weight excluding hydrogens is 212 g/mol. The number of rotatable bonds is 1. The normalized spacial score (nSPS) is 10.8. The maximum absolute atomic E-state index is 5.97. The molecule has 84 valence electrons.